The third-order valence-electron chi connectivity index (χ3n) is 6.05. The molecule has 2 atom stereocenters. The lowest BCUT2D eigenvalue weighted by atomic mass is 10.0. The monoisotopic (exact) mass is 504 g/mol. The molecule has 4 rings (SSSR count). The quantitative estimate of drug-likeness (QED) is 0.515. The third-order valence-corrected chi connectivity index (χ3v) is 6.34. The number of benzene rings is 2. The summed E-state index contributed by atoms with van der Waals surface area (Å²) < 4.78 is 34.8. The van der Waals surface area contributed by atoms with Crippen LogP contribution in [0.1, 0.15) is 18.4 Å². The van der Waals surface area contributed by atoms with Gasteiger partial charge in [0.25, 0.3) is 0 Å². The molecule has 0 bridgehead atoms. The maximum absolute atomic E-state index is 14.3. The number of Topliss-reactive ketones (excluding diaryl/α,β-unsaturated/α-hetero) is 1. The number of ether oxygens (including phenoxy) is 1. The predicted molar refractivity (Wildman–Crippen MR) is 127 cm³/mol. The number of carbonyl (C=O) groups is 3. The first kappa shape index (κ1) is 24.5. The molecule has 11 heteroatoms. The molecule has 184 valence electrons. The zero-order chi connectivity index (χ0) is 25.3. The Morgan fingerprint density at radius 1 is 1.26 bits per heavy atom. The van der Waals surface area contributed by atoms with E-state index in [-0.39, 0.29) is 47.9 Å². The molecule has 3 N–H and O–H groups in total. The van der Waals surface area contributed by atoms with Gasteiger partial charge >= 0.3 is 12.1 Å². The van der Waals surface area contributed by atoms with E-state index in [9.17, 15) is 23.2 Å². The summed E-state index contributed by atoms with van der Waals surface area (Å²) in [6.07, 6.45) is -0.200. The lowest BCUT2D eigenvalue weighted by molar-refractivity contribution is -0.122. The van der Waals surface area contributed by atoms with Crippen molar-refractivity contribution in [2.75, 3.05) is 19.0 Å². The predicted octanol–water partition coefficient (Wildman–Crippen LogP) is 4.52. The smallest absolute Gasteiger partial charge is 0.323 e. The van der Waals surface area contributed by atoms with Gasteiger partial charge in [0.05, 0.1) is 35.9 Å². The highest BCUT2D eigenvalue weighted by molar-refractivity contribution is 6.30. The molecular formula is C24H23ClF2N4O4. The van der Waals surface area contributed by atoms with Crippen LogP contribution in [-0.4, -0.2) is 53.2 Å². The average Bonchev–Trinajstić information content (AvgIpc) is 3.40. The summed E-state index contributed by atoms with van der Waals surface area (Å²) in [5.41, 5.74) is 6.39. The lowest BCUT2D eigenvalue weighted by Gasteiger charge is -2.23. The standard InChI is InChI=1S/C24H23ClF2N4O4/c1-35-15-6-7-19-16(10-15)18(12-30(19)23(28)33)29-24(34)31-11-14(26)9-20(31)21(32)8-5-13-3-2-4-17(25)22(13)27/h2-4,6-7,10,12,14,20H,5,8-9,11H2,1H3,(H2,28,33)(H,29,34)/t14-,20+/m1/s1. The Balaban J connectivity index is 1.53. The number of nitrogens with two attached hydrogens (primary N) is 1. The van der Waals surface area contributed by atoms with Crippen molar-refractivity contribution in [1.82, 2.24) is 9.47 Å². The van der Waals surface area contributed by atoms with Gasteiger partial charge in [-0.1, -0.05) is 23.7 Å². The van der Waals surface area contributed by atoms with Crippen molar-refractivity contribution in [2.24, 2.45) is 5.73 Å². The number of rotatable bonds is 6. The number of halogens is 3. The maximum Gasteiger partial charge on any atom is 0.323 e. The Bertz CT molecular complexity index is 1310. The Kier molecular flexibility index (Phi) is 6.93. The van der Waals surface area contributed by atoms with E-state index in [2.05, 4.69) is 5.32 Å². The van der Waals surface area contributed by atoms with Crippen LogP contribution in [0, 0.1) is 5.82 Å². The van der Waals surface area contributed by atoms with E-state index in [1.54, 1.807) is 24.3 Å². The van der Waals surface area contributed by atoms with Gasteiger partial charge < -0.3 is 20.7 Å². The Morgan fingerprint density at radius 2 is 2.03 bits per heavy atom. The first-order valence-electron chi connectivity index (χ1n) is 10.9. The SMILES string of the molecule is COc1ccc2c(c1)c(NC(=O)N1C[C@H](F)C[C@H]1C(=O)CCc1cccc(Cl)c1F)cn2C(N)=O. The molecule has 1 aliphatic rings. The fourth-order valence-corrected chi connectivity index (χ4v) is 4.48. The molecule has 0 unspecified atom stereocenters. The van der Waals surface area contributed by atoms with Crippen molar-refractivity contribution in [1.29, 1.82) is 0 Å². The van der Waals surface area contributed by atoms with E-state index in [0.717, 1.165) is 9.47 Å². The van der Waals surface area contributed by atoms with Gasteiger partial charge in [0, 0.05) is 24.4 Å². The van der Waals surface area contributed by atoms with Crippen molar-refractivity contribution < 1.29 is 27.9 Å². The summed E-state index contributed by atoms with van der Waals surface area (Å²) in [6, 6.07) is 6.91. The number of aryl methyl sites for hydroxylation is 1. The molecule has 2 aromatic carbocycles. The average molecular weight is 505 g/mol. The van der Waals surface area contributed by atoms with Gasteiger partial charge in [-0.05, 0) is 36.2 Å². The van der Waals surface area contributed by atoms with E-state index >= 15 is 0 Å². The lowest BCUT2D eigenvalue weighted by Crippen LogP contribution is -2.43. The highest BCUT2D eigenvalue weighted by Gasteiger charge is 2.39. The summed E-state index contributed by atoms with van der Waals surface area (Å²) in [6.45, 7) is -0.272. The second kappa shape index (κ2) is 9.91. The van der Waals surface area contributed by atoms with Gasteiger partial charge in [-0.2, -0.15) is 0 Å². The van der Waals surface area contributed by atoms with Crippen molar-refractivity contribution in [3.8, 4) is 5.75 Å². The number of methoxy groups -OCH3 is 1. The van der Waals surface area contributed by atoms with Gasteiger partial charge in [-0.15, -0.1) is 0 Å². The van der Waals surface area contributed by atoms with Gasteiger partial charge in [-0.25, -0.2) is 18.4 Å². The number of alkyl halides is 1. The first-order valence-corrected chi connectivity index (χ1v) is 11.2. The maximum atomic E-state index is 14.3. The molecule has 1 fully saturated rings. The fraction of sp³-hybridized carbons (Fsp3) is 0.292. The second-order valence-electron chi connectivity index (χ2n) is 8.24. The van der Waals surface area contributed by atoms with Crippen LogP contribution >= 0.6 is 11.6 Å². The zero-order valence-electron chi connectivity index (χ0n) is 18.8. The molecule has 1 aliphatic heterocycles. The van der Waals surface area contributed by atoms with Gasteiger partial charge in [0.15, 0.2) is 5.78 Å². The number of hydrogen-bond acceptors (Lipinski definition) is 4. The van der Waals surface area contributed by atoms with Crippen LogP contribution in [0.3, 0.4) is 0 Å². The molecular weight excluding hydrogens is 482 g/mol. The minimum Gasteiger partial charge on any atom is -0.497 e. The topological polar surface area (TPSA) is 107 Å². The van der Waals surface area contributed by atoms with Crippen LogP contribution in [0.5, 0.6) is 5.75 Å². The highest BCUT2D eigenvalue weighted by Crippen LogP contribution is 2.31. The van der Waals surface area contributed by atoms with E-state index in [0.29, 0.717) is 16.7 Å². The Labute approximate surface area is 204 Å². The largest absolute Gasteiger partial charge is 0.497 e. The zero-order valence-corrected chi connectivity index (χ0v) is 19.5. The minimum absolute atomic E-state index is 0.0487. The third kappa shape index (κ3) is 4.93. The van der Waals surface area contributed by atoms with E-state index in [1.165, 1.54) is 25.4 Å². The summed E-state index contributed by atoms with van der Waals surface area (Å²) in [7, 11) is 1.47. The number of nitrogens with one attached hydrogen (secondary N) is 1. The van der Waals surface area contributed by atoms with Crippen molar-refractivity contribution in [2.45, 2.75) is 31.5 Å². The first-order chi connectivity index (χ1) is 16.7. The summed E-state index contributed by atoms with van der Waals surface area (Å²) >= 11 is 5.79. The molecule has 3 amide bonds. The number of ketones is 1. The molecule has 3 aromatic rings. The van der Waals surface area contributed by atoms with Gasteiger partial charge in [-0.3, -0.25) is 9.36 Å². The number of likely N-dealkylation sites (tertiary alicyclic amines) is 1. The number of anilines is 1. The summed E-state index contributed by atoms with van der Waals surface area (Å²) in [5.74, 6) is -0.505. The number of fused-ring (bicyclic) bond motifs is 1. The summed E-state index contributed by atoms with van der Waals surface area (Å²) in [4.78, 5) is 38.9. The Morgan fingerprint density at radius 3 is 2.74 bits per heavy atom. The van der Waals surface area contributed by atoms with Crippen molar-refractivity contribution in [3.63, 3.8) is 0 Å². The van der Waals surface area contributed by atoms with Crippen LogP contribution in [0.2, 0.25) is 5.02 Å². The Hall–Kier alpha value is -3.66. The number of aromatic nitrogens is 1. The number of nitrogens with zero attached hydrogens (tertiary/aromatic N) is 2. The van der Waals surface area contributed by atoms with Crippen LogP contribution in [-0.2, 0) is 11.2 Å². The van der Waals surface area contributed by atoms with Gasteiger partial charge in [0.1, 0.15) is 17.7 Å². The molecule has 0 aliphatic carbocycles. The molecule has 0 spiro atoms. The fourth-order valence-electron chi connectivity index (χ4n) is 4.29. The molecule has 1 aromatic heterocycles. The van der Waals surface area contributed by atoms with E-state index in [4.69, 9.17) is 22.1 Å². The van der Waals surface area contributed by atoms with Crippen LogP contribution in [0.4, 0.5) is 24.1 Å². The number of urea groups is 1. The molecule has 0 radical (unpaired) electrons. The number of carbonyl (C=O) groups excluding carboxylic acids is 3. The number of hydrogen-bond donors (Lipinski definition) is 2. The molecule has 1 saturated heterocycles. The molecule has 35 heavy (non-hydrogen) atoms. The van der Waals surface area contributed by atoms with Crippen LogP contribution in [0.25, 0.3) is 10.9 Å². The molecule has 2 heterocycles. The minimum atomic E-state index is -1.38. The number of primary amides is 1. The molecule has 0 saturated carbocycles. The van der Waals surface area contributed by atoms with Crippen LogP contribution in [0.15, 0.2) is 42.6 Å². The van der Waals surface area contributed by atoms with E-state index in [1.807, 2.05) is 0 Å². The number of amides is 3. The van der Waals surface area contributed by atoms with Gasteiger partial charge in [0.2, 0.25) is 0 Å². The van der Waals surface area contributed by atoms with Crippen molar-refractivity contribution in [3.05, 3.63) is 59.0 Å². The summed E-state index contributed by atoms with van der Waals surface area (Å²) in [5, 5.41) is 3.09. The molecule has 8 nitrogen and oxygen atoms in total. The van der Waals surface area contributed by atoms with Crippen molar-refractivity contribution >= 4 is 46.0 Å². The van der Waals surface area contributed by atoms with Crippen LogP contribution < -0.4 is 15.8 Å². The normalized spacial score (nSPS) is 17.5. The second-order valence-corrected chi connectivity index (χ2v) is 8.65. The highest BCUT2D eigenvalue weighted by atomic mass is 35.5. The van der Waals surface area contributed by atoms with E-state index < -0.39 is 30.1 Å².